The molecule has 72 valence electrons. The second-order valence-corrected chi connectivity index (χ2v) is 5.52. The van der Waals surface area contributed by atoms with E-state index in [4.69, 9.17) is 11.6 Å². The molecule has 1 fully saturated rings. The fourth-order valence-corrected chi connectivity index (χ4v) is 2.13. The van der Waals surface area contributed by atoms with Gasteiger partial charge in [-0.05, 0) is 30.6 Å². The summed E-state index contributed by atoms with van der Waals surface area (Å²) in [7, 11) is 0. The van der Waals surface area contributed by atoms with Crippen LogP contribution < -0.4 is 0 Å². The van der Waals surface area contributed by atoms with Crippen LogP contribution in [0.1, 0.15) is 40.0 Å². The molecule has 0 bridgehead atoms. The molecule has 0 aromatic rings. The van der Waals surface area contributed by atoms with E-state index in [1.807, 2.05) is 0 Å². The quantitative estimate of drug-likeness (QED) is 0.583. The van der Waals surface area contributed by atoms with Crippen LogP contribution in [0.3, 0.4) is 0 Å². The largest absolute Gasteiger partial charge is 0.392 e. The average Bonchev–Trinajstić information content (AvgIpc) is 1.92. The van der Waals surface area contributed by atoms with Crippen LogP contribution in [0.4, 0.5) is 0 Å². The zero-order chi connectivity index (χ0) is 9.35. The van der Waals surface area contributed by atoms with E-state index in [1.54, 1.807) is 0 Å². The fourth-order valence-electron chi connectivity index (χ4n) is 1.90. The van der Waals surface area contributed by atoms with Gasteiger partial charge in [0.25, 0.3) is 0 Å². The van der Waals surface area contributed by atoms with E-state index in [0.29, 0.717) is 11.3 Å². The highest BCUT2D eigenvalue weighted by atomic mass is 35.5. The first-order valence-electron chi connectivity index (χ1n) is 4.73. The number of rotatable bonds is 0. The Hall–Kier alpha value is 0.250. The van der Waals surface area contributed by atoms with E-state index in [-0.39, 0.29) is 11.5 Å². The first kappa shape index (κ1) is 10.3. The standard InChI is InChI=1S/C10H19ClO/c1-10(2,3)7-4-5-8(11)9(12)6-7/h7-9,12H,4-6H2,1-3H3/t7-,8-,9-/m0/s1. The van der Waals surface area contributed by atoms with E-state index in [0.717, 1.165) is 19.3 Å². The van der Waals surface area contributed by atoms with Crippen molar-refractivity contribution in [2.24, 2.45) is 11.3 Å². The Morgan fingerprint density at radius 1 is 1.25 bits per heavy atom. The lowest BCUT2D eigenvalue weighted by molar-refractivity contribution is 0.0619. The summed E-state index contributed by atoms with van der Waals surface area (Å²) < 4.78 is 0. The first-order valence-corrected chi connectivity index (χ1v) is 5.17. The lowest BCUT2D eigenvalue weighted by Gasteiger charge is -2.37. The van der Waals surface area contributed by atoms with E-state index in [1.165, 1.54) is 0 Å². The first-order chi connectivity index (χ1) is 5.41. The van der Waals surface area contributed by atoms with Crippen molar-refractivity contribution in [3.05, 3.63) is 0 Å². The van der Waals surface area contributed by atoms with Gasteiger partial charge in [0.1, 0.15) is 0 Å². The molecule has 1 aliphatic rings. The van der Waals surface area contributed by atoms with Gasteiger partial charge >= 0.3 is 0 Å². The summed E-state index contributed by atoms with van der Waals surface area (Å²) in [6, 6.07) is 0. The molecule has 0 radical (unpaired) electrons. The average molecular weight is 191 g/mol. The molecule has 1 N–H and O–H groups in total. The van der Waals surface area contributed by atoms with Gasteiger partial charge in [0.2, 0.25) is 0 Å². The third-order valence-corrected chi connectivity index (χ3v) is 3.47. The Balaban J connectivity index is 2.51. The SMILES string of the molecule is CC(C)(C)[C@H]1CC[C@H](Cl)[C@@H](O)C1. The molecule has 0 saturated heterocycles. The van der Waals surface area contributed by atoms with Gasteiger partial charge in [0, 0.05) is 0 Å². The number of halogens is 1. The Kier molecular flexibility index (Phi) is 3.06. The van der Waals surface area contributed by atoms with Crippen molar-refractivity contribution in [3.63, 3.8) is 0 Å². The van der Waals surface area contributed by atoms with Gasteiger partial charge in [-0.15, -0.1) is 11.6 Å². The predicted octanol–water partition coefficient (Wildman–Crippen LogP) is 2.80. The van der Waals surface area contributed by atoms with Crippen LogP contribution in [0.25, 0.3) is 0 Å². The minimum atomic E-state index is -0.287. The summed E-state index contributed by atoms with van der Waals surface area (Å²) in [6.45, 7) is 6.71. The van der Waals surface area contributed by atoms with Crippen LogP contribution in [0.5, 0.6) is 0 Å². The highest BCUT2D eigenvalue weighted by Crippen LogP contribution is 2.39. The number of aliphatic hydroxyl groups excluding tert-OH is 1. The topological polar surface area (TPSA) is 20.2 Å². The Morgan fingerprint density at radius 3 is 2.25 bits per heavy atom. The molecule has 12 heavy (non-hydrogen) atoms. The highest BCUT2D eigenvalue weighted by molar-refractivity contribution is 6.21. The number of alkyl halides is 1. The van der Waals surface area contributed by atoms with Crippen LogP contribution in [0.2, 0.25) is 0 Å². The third kappa shape index (κ3) is 2.37. The molecular weight excluding hydrogens is 172 g/mol. The van der Waals surface area contributed by atoms with Gasteiger partial charge in [-0.25, -0.2) is 0 Å². The normalized spacial score (nSPS) is 38.2. The van der Waals surface area contributed by atoms with Crippen LogP contribution in [-0.2, 0) is 0 Å². The van der Waals surface area contributed by atoms with Gasteiger partial charge in [-0.3, -0.25) is 0 Å². The van der Waals surface area contributed by atoms with Crippen molar-refractivity contribution in [3.8, 4) is 0 Å². The summed E-state index contributed by atoms with van der Waals surface area (Å²) in [5.41, 5.74) is 0.317. The van der Waals surface area contributed by atoms with Gasteiger partial charge in [-0.1, -0.05) is 20.8 Å². The Morgan fingerprint density at radius 2 is 1.83 bits per heavy atom. The van der Waals surface area contributed by atoms with Gasteiger partial charge in [0.05, 0.1) is 11.5 Å². The maximum Gasteiger partial charge on any atom is 0.0706 e. The van der Waals surface area contributed by atoms with Gasteiger partial charge < -0.3 is 5.11 Å². The molecule has 0 unspecified atom stereocenters. The molecule has 2 heteroatoms. The number of aliphatic hydroxyl groups is 1. The van der Waals surface area contributed by atoms with Crippen molar-refractivity contribution in [2.75, 3.05) is 0 Å². The predicted molar refractivity (Wildman–Crippen MR) is 52.4 cm³/mol. The minimum absolute atomic E-state index is 0.0106. The molecule has 0 spiro atoms. The Labute approximate surface area is 80.1 Å². The lowest BCUT2D eigenvalue weighted by atomic mass is 9.71. The highest BCUT2D eigenvalue weighted by Gasteiger charge is 2.33. The maximum atomic E-state index is 9.58. The lowest BCUT2D eigenvalue weighted by Crippen LogP contribution is -2.35. The zero-order valence-corrected chi connectivity index (χ0v) is 8.93. The smallest absolute Gasteiger partial charge is 0.0706 e. The van der Waals surface area contributed by atoms with E-state index in [2.05, 4.69) is 20.8 Å². The number of hydrogen-bond donors (Lipinski definition) is 1. The molecule has 0 aliphatic heterocycles. The second kappa shape index (κ2) is 3.55. The van der Waals surface area contributed by atoms with Crippen molar-refractivity contribution in [2.45, 2.75) is 51.5 Å². The molecule has 0 amide bonds. The molecule has 1 aliphatic carbocycles. The van der Waals surface area contributed by atoms with Gasteiger partial charge in [-0.2, -0.15) is 0 Å². The van der Waals surface area contributed by atoms with Crippen LogP contribution in [0.15, 0.2) is 0 Å². The molecular formula is C10H19ClO. The van der Waals surface area contributed by atoms with Crippen molar-refractivity contribution in [1.82, 2.24) is 0 Å². The zero-order valence-electron chi connectivity index (χ0n) is 8.18. The summed E-state index contributed by atoms with van der Waals surface area (Å²) in [5, 5.41) is 9.57. The van der Waals surface area contributed by atoms with Crippen LogP contribution in [0, 0.1) is 11.3 Å². The fraction of sp³-hybridized carbons (Fsp3) is 1.00. The molecule has 3 atom stereocenters. The van der Waals surface area contributed by atoms with Crippen LogP contribution in [-0.4, -0.2) is 16.6 Å². The minimum Gasteiger partial charge on any atom is -0.392 e. The second-order valence-electron chi connectivity index (χ2n) is 4.96. The number of hydrogen-bond acceptors (Lipinski definition) is 1. The van der Waals surface area contributed by atoms with E-state index >= 15 is 0 Å². The molecule has 0 aromatic carbocycles. The van der Waals surface area contributed by atoms with E-state index < -0.39 is 0 Å². The molecule has 1 saturated carbocycles. The summed E-state index contributed by atoms with van der Waals surface area (Å²) in [4.78, 5) is 0. The maximum absolute atomic E-state index is 9.58. The third-order valence-electron chi connectivity index (χ3n) is 2.96. The summed E-state index contributed by atoms with van der Waals surface area (Å²) in [6.07, 6.45) is 2.71. The summed E-state index contributed by atoms with van der Waals surface area (Å²) >= 11 is 5.93. The molecule has 0 heterocycles. The van der Waals surface area contributed by atoms with Gasteiger partial charge in [0.15, 0.2) is 0 Å². The summed E-state index contributed by atoms with van der Waals surface area (Å²) in [5.74, 6) is 0.627. The van der Waals surface area contributed by atoms with Crippen molar-refractivity contribution in [1.29, 1.82) is 0 Å². The van der Waals surface area contributed by atoms with Crippen molar-refractivity contribution < 1.29 is 5.11 Å². The van der Waals surface area contributed by atoms with Crippen LogP contribution >= 0.6 is 11.6 Å². The van der Waals surface area contributed by atoms with Crippen molar-refractivity contribution >= 4 is 11.6 Å². The molecule has 0 aromatic heterocycles. The Bertz CT molecular complexity index is 150. The molecule has 1 rings (SSSR count). The monoisotopic (exact) mass is 190 g/mol. The van der Waals surface area contributed by atoms with E-state index in [9.17, 15) is 5.11 Å². The molecule has 1 nitrogen and oxygen atoms in total.